The Morgan fingerprint density at radius 3 is 2.35 bits per heavy atom. The summed E-state index contributed by atoms with van der Waals surface area (Å²) in [6.07, 6.45) is 2.43. The molecule has 1 saturated heterocycles. The van der Waals surface area contributed by atoms with Crippen LogP contribution in [0.5, 0.6) is 0 Å². The molecule has 0 aromatic carbocycles. The van der Waals surface area contributed by atoms with Crippen molar-refractivity contribution in [3.63, 3.8) is 0 Å². The number of carbonyl (C=O) groups is 1. The fraction of sp³-hybridized carbons (Fsp3) is 0.917. The van der Waals surface area contributed by atoms with Crippen molar-refractivity contribution in [2.24, 2.45) is 5.92 Å². The molecule has 0 atom stereocenters. The molecule has 0 amide bonds. The first-order chi connectivity index (χ1) is 9.39. The fourth-order valence-corrected chi connectivity index (χ4v) is 3.71. The van der Waals surface area contributed by atoms with Crippen LogP contribution in [-0.4, -0.2) is 79.3 Å². The molecule has 0 radical (unpaired) electrons. The van der Waals surface area contributed by atoms with Crippen LogP contribution in [0.2, 0.25) is 0 Å². The van der Waals surface area contributed by atoms with Crippen LogP contribution in [0, 0.1) is 5.92 Å². The van der Waals surface area contributed by atoms with Gasteiger partial charge >= 0.3 is 5.97 Å². The Bertz CT molecular complexity index is 442. The quantitative estimate of drug-likeness (QED) is 0.696. The van der Waals surface area contributed by atoms with E-state index in [0.717, 1.165) is 29.9 Å². The topological polar surface area (TPSA) is 81.2 Å². The van der Waals surface area contributed by atoms with Gasteiger partial charge in [0.1, 0.15) is 0 Å². The molecule has 0 aromatic rings. The molecule has 1 heterocycles. The third kappa shape index (κ3) is 4.15. The van der Waals surface area contributed by atoms with Gasteiger partial charge in [0.15, 0.2) is 0 Å². The molecule has 2 rings (SSSR count). The van der Waals surface area contributed by atoms with Crippen LogP contribution < -0.4 is 0 Å². The van der Waals surface area contributed by atoms with Gasteiger partial charge in [-0.25, -0.2) is 0 Å². The summed E-state index contributed by atoms with van der Waals surface area (Å²) in [5.41, 5.74) is 0. The fourth-order valence-electron chi connectivity index (χ4n) is 2.37. The van der Waals surface area contributed by atoms with Gasteiger partial charge in [-0.1, -0.05) is 0 Å². The van der Waals surface area contributed by atoms with Crippen LogP contribution in [-0.2, 0) is 15.0 Å². The first-order valence-electron chi connectivity index (χ1n) is 7.05. The van der Waals surface area contributed by atoms with E-state index in [2.05, 4.69) is 4.90 Å². The Hall–Kier alpha value is -0.700. The second-order valence-electron chi connectivity index (χ2n) is 5.62. The van der Waals surface area contributed by atoms with Gasteiger partial charge in [0.2, 0.25) is 0 Å². The predicted octanol–water partition coefficient (Wildman–Crippen LogP) is -0.335. The molecule has 1 aliphatic heterocycles. The number of carboxylic acids is 1. The molecule has 0 aromatic heterocycles. The summed E-state index contributed by atoms with van der Waals surface area (Å²) in [4.78, 5) is 12.8. The number of hydrogen-bond acceptors (Lipinski definition) is 4. The van der Waals surface area contributed by atoms with E-state index in [1.54, 1.807) is 0 Å². The summed E-state index contributed by atoms with van der Waals surface area (Å²) < 4.78 is 27.2. The van der Waals surface area contributed by atoms with Crippen LogP contribution >= 0.6 is 0 Å². The highest BCUT2D eigenvalue weighted by molar-refractivity contribution is 7.86. The number of nitrogens with zero attached hydrogens (tertiary/aromatic N) is 3. The van der Waals surface area contributed by atoms with Gasteiger partial charge in [-0.05, 0) is 18.8 Å². The third-order valence-electron chi connectivity index (χ3n) is 3.91. The third-order valence-corrected chi connectivity index (χ3v) is 5.89. The highest BCUT2D eigenvalue weighted by atomic mass is 32.2. The standard InChI is InChI=1S/C12H23N3O4S/c1-13(5-4-12(16)17)20(18,19)15-8-6-14(7-9-15)10-11-2-3-11/h11H,2-10H2,1H3,(H,16,17). The molecule has 20 heavy (non-hydrogen) atoms. The maximum atomic E-state index is 12.3. The smallest absolute Gasteiger partial charge is 0.304 e. The molecule has 116 valence electrons. The van der Waals surface area contributed by atoms with Crippen molar-refractivity contribution >= 4 is 16.2 Å². The lowest BCUT2D eigenvalue weighted by molar-refractivity contribution is -0.137. The normalized spacial score (nSPS) is 22.3. The maximum Gasteiger partial charge on any atom is 0.304 e. The molecule has 8 heteroatoms. The SMILES string of the molecule is CN(CCC(=O)O)S(=O)(=O)N1CCN(CC2CC2)CC1. The highest BCUT2D eigenvalue weighted by Crippen LogP contribution is 2.30. The Kier molecular flexibility index (Phi) is 5.00. The minimum absolute atomic E-state index is 0.0138. The molecule has 7 nitrogen and oxygen atoms in total. The Morgan fingerprint density at radius 2 is 1.85 bits per heavy atom. The number of hydrogen-bond donors (Lipinski definition) is 1. The average molecular weight is 305 g/mol. The predicted molar refractivity (Wildman–Crippen MR) is 74.5 cm³/mol. The molecule has 0 bridgehead atoms. The molecule has 1 N–H and O–H groups in total. The molecule has 0 unspecified atom stereocenters. The first-order valence-corrected chi connectivity index (χ1v) is 8.45. The zero-order valence-corrected chi connectivity index (χ0v) is 12.7. The first kappa shape index (κ1) is 15.7. The lowest BCUT2D eigenvalue weighted by Crippen LogP contribution is -2.52. The monoisotopic (exact) mass is 305 g/mol. The molecule has 2 fully saturated rings. The van der Waals surface area contributed by atoms with Crippen LogP contribution in [0.25, 0.3) is 0 Å². The summed E-state index contributed by atoms with van der Waals surface area (Å²) in [6.45, 7) is 3.62. The van der Waals surface area contributed by atoms with Crippen molar-refractivity contribution in [1.82, 2.24) is 13.5 Å². The summed E-state index contributed by atoms with van der Waals surface area (Å²) in [7, 11) is -2.08. The van der Waals surface area contributed by atoms with Crippen molar-refractivity contribution in [3.8, 4) is 0 Å². The zero-order valence-electron chi connectivity index (χ0n) is 11.9. The van der Waals surface area contributed by atoms with Crippen LogP contribution in [0.1, 0.15) is 19.3 Å². The molecule has 0 spiro atoms. The zero-order chi connectivity index (χ0) is 14.8. The van der Waals surface area contributed by atoms with Gasteiger partial charge in [-0.2, -0.15) is 17.0 Å². The number of carboxylic acid groups (broad SMARTS) is 1. The van der Waals surface area contributed by atoms with E-state index in [-0.39, 0.29) is 13.0 Å². The number of rotatable bonds is 7. The van der Waals surface area contributed by atoms with Gasteiger partial charge in [0, 0.05) is 46.3 Å². The van der Waals surface area contributed by atoms with Gasteiger partial charge in [0.05, 0.1) is 6.42 Å². The van der Waals surface area contributed by atoms with Gasteiger partial charge in [0.25, 0.3) is 10.2 Å². The maximum absolute atomic E-state index is 12.3. The van der Waals surface area contributed by atoms with Gasteiger partial charge in [-0.15, -0.1) is 0 Å². The largest absolute Gasteiger partial charge is 0.481 e. The van der Waals surface area contributed by atoms with Crippen LogP contribution in [0.3, 0.4) is 0 Å². The van der Waals surface area contributed by atoms with E-state index in [9.17, 15) is 13.2 Å². The summed E-state index contributed by atoms with van der Waals surface area (Å²) >= 11 is 0. The molecule has 2 aliphatic rings. The van der Waals surface area contributed by atoms with E-state index >= 15 is 0 Å². The average Bonchev–Trinajstić information content (AvgIpc) is 3.20. The van der Waals surface area contributed by atoms with E-state index in [1.807, 2.05) is 0 Å². The van der Waals surface area contributed by atoms with E-state index < -0.39 is 16.2 Å². The Balaban J connectivity index is 1.82. The van der Waals surface area contributed by atoms with Crippen molar-refractivity contribution in [2.75, 3.05) is 46.3 Å². The molecular weight excluding hydrogens is 282 g/mol. The van der Waals surface area contributed by atoms with E-state index in [1.165, 1.54) is 24.2 Å². The molecule has 1 saturated carbocycles. The lowest BCUT2D eigenvalue weighted by atomic mass is 10.3. The highest BCUT2D eigenvalue weighted by Gasteiger charge is 2.32. The summed E-state index contributed by atoms with van der Waals surface area (Å²) in [5.74, 6) is -0.169. The summed E-state index contributed by atoms with van der Waals surface area (Å²) in [5, 5.41) is 8.62. The van der Waals surface area contributed by atoms with Crippen LogP contribution in [0.4, 0.5) is 0 Å². The molecule has 1 aliphatic carbocycles. The summed E-state index contributed by atoms with van der Waals surface area (Å²) in [6, 6.07) is 0. The van der Waals surface area contributed by atoms with Crippen molar-refractivity contribution in [3.05, 3.63) is 0 Å². The van der Waals surface area contributed by atoms with Gasteiger partial charge < -0.3 is 10.0 Å². The second kappa shape index (κ2) is 6.38. The Labute approximate surface area is 120 Å². The minimum Gasteiger partial charge on any atom is -0.481 e. The van der Waals surface area contributed by atoms with Gasteiger partial charge in [-0.3, -0.25) is 4.79 Å². The lowest BCUT2D eigenvalue weighted by Gasteiger charge is -2.35. The Morgan fingerprint density at radius 1 is 1.25 bits per heavy atom. The minimum atomic E-state index is -3.52. The van der Waals surface area contributed by atoms with Crippen molar-refractivity contribution in [2.45, 2.75) is 19.3 Å². The van der Waals surface area contributed by atoms with Crippen molar-refractivity contribution in [1.29, 1.82) is 0 Å². The van der Waals surface area contributed by atoms with Crippen molar-refractivity contribution < 1.29 is 18.3 Å². The molecular formula is C12H23N3O4S. The van der Waals surface area contributed by atoms with E-state index in [4.69, 9.17) is 5.11 Å². The van der Waals surface area contributed by atoms with E-state index in [0.29, 0.717) is 13.1 Å². The van der Waals surface area contributed by atoms with Crippen LogP contribution in [0.15, 0.2) is 0 Å². The second-order valence-corrected chi connectivity index (χ2v) is 7.65. The number of aliphatic carboxylic acids is 1. The number of piperazine rings is 1.